The van der Waals surface area contributed by atoms with Gasteiger partial charge in [0.2, 0.25) is 16.0 Å². The van der Waals surface area contributed by atoms with Gasteiger partial charge in [0.05, 0.1) is 10.5 Å². The monoisotopic (exact) mass is 438 g/mol. The average molecular weight is 439 g/mol. The van der Waals surface area contributed by atoms with Crippen molar-refractivity contribution in [1.29, 1.82) is 0 Å². The van der Waals surface area contributed by atoms with E-state index in [1.165, 1.54) is 10.5 Å². The number of nitrogens with one attached hydrogen (secondary N) is 2. The Labute approximate surface area is 180 Å². The molecule has 10 heteroatoms. The largest absolute Gasteiger partial charge is 0.365 e. The van der Waals surface area contributed by atoms with Crippen LogP contribution in [0.4, 0.5) is 17.5 Å². The number of carbonyl (C=O) groups excluding carboxylic acids is 1. The van der Waals surface area contributed by atoms with Crippen molar-refractivity contribution in [2.75, 3.05) is 23.7 Å². The number of rotatable bonds is 8. The number of carbonyl (C=O) groups is 1. The van der Waals surface area contributed by atoms with E-state index in [9.17, 15) is 13.2 Å². The standard InChI is InChI=1S/C21H22N6O3S/c22-19(28)18-14-24-21(26-20(18)23-13-15-5-2-1-3-6-15)25-16-7-9-17(10-8-16)31(29,30)27-11-4-12-27/h1-3,5-10,14H,4,11-13H2,(H2,22,28)(H2,23,24,25,26). The van der Waals surface area contributed by atoms with Gasteiger partial charge in [-0.15, -0.1) is 0 Å². The van der Waals surface area contributed by atoms with E-state index in [4.69, 9.17) is 5.73 Å². The van der Waals surface area contributed by atoms with Crippen LogP contribution in [0.25, 0.3) is 0 Å². The van der Waals surface area contributed by atoms with Crippen LogP contribution in [0.15, 0.2) is 65.7 Å². The summed E-state index contributed by atoms with van der Waals surface area (Å²) in [5.41, 5.74) is 7.25. The van der Waals surface area contributed by atoms with Crippen molar-refractivity contribution in [3.63, 3.8) is 0 Å². The van der Waals surface area contributed by atoms with Gasteiger partial charge in [0, 0.05) is 31.5 Å². The molecule has 0 spiro atoms. The van der Waals surface area contributed by atoms with Crippen molar-refractivity contribution in [2.45, 2.75) is 17.9 Å². The summed E-state index contributed by atoms with van der Waals surface area (Å²) in [5, 5.41) is 6.14. The van der Waals surface area contributed by atoms with Crippen LogP contribution in [0.1, 0.15) is 22.3 Å². The van der Waals surface area contributed by atoms with E-state index in [-0.39, 0.29) is 16.4 Å². The van der Waals surface area contributed by atoms with Crippen molar-refractivity contribution in [1.82, 2.24) is 14.3 Å². The van der Waals surface area contributed by atoms with Crippen molar-refractivity contribution in [3.05, 3.63) is 71.9 Å². The van der Waals surface area contributed by atoms with E-state index in [2.05, 4.69) is 20.6 Å². The van der Waals surface area contributed by atoms with Crippen LogP contribution >= 0.6 is 0 Å². The maximum absolute atomic E-state index is 12.4. The van der Waals surface area contributed by atoms with E-state index < -0.39 is 15.9 Å². The zero-order valence-electron chi connectivity index (χ0n) is 16.7. The van der Waals surface area contributed by atoms with Crippen LogP contribution in [0.2, 0.25) is 0 Å². The van der Waals surface area contributed by atoms with Gasteiger partial charge in [-0.2, -0.15) is 9.29 Å². The maximum atomic E-state index is 12.4. The predicted molar refractivity (Wildman–Crippen MR) is 117 cm³/mol. The molecule has 160 valence electrons. The molecular weight excluding hydrogens is 416 g/mol. The molecule has 2 heterocycles. The third-order valence-corrected chi connectivity index (χ3v) is 6.83. The van der Waals surface area contributed by atoms with E-state index in [1.54, 1.807) is 24.3 Å². The Balaban J connectivity index is 1.51. The molecule has 1 aliphatic rings. The molecule has 0 aliphatic carbocycles. The van der Waals surface area contributed by atoms with Crippen LogP contribution in [0.5, 0.6) is 0 Å². The Morgan fingerprint density at radius 2 is 1.77 bits per heavy atom. The molecule has 31 heavy (non-hydrogen) atoms. The molecule has 0 unspecified atom stereocenters. The van der Waals surface area contributed by atoms with Crippen LogP contribution < -0.4 is 16.4 Å². The van der Waals surface area contributed by atoms with Gasteiger partial charge in [-0.1, -0.05) is 30.3 Å². The first-order chi connectivity index (χ1) is 14.9. The lowest BCUT2D eigenvalue weighted by Gasteiger charge is -2.29. The fourth-order valence-corrected chi connectivity index (χ4v) is 4.57. The molecule has 0 bridgehead atoms. The Bertz CT molecular complexity index is 1180. The number of amides is 1. The molecule has 0 radical (unpaired) electrons. The minimum absolute atomic E-state index is 0.178. The molecule has 1 aliphatic heterocycles. The number of nitrogens with two attached hydrogens (primary N) is 1. The second kappa shape index (κ2) is 8.70. The van der Waals surface area contributed by atoms with Gasteiger partial charge < -0.3 is 16.4 Å². The van der Waals surface area contributed by atoms with Gasteiger partial charge in [-0.05, 0) is 36.2 Å². The molecule has 9 nitrogen and oxygen atoms in total. The van der Waals surface area contributed by atoms with E-state index in [1.807, 2.05) is 30.3 Å². The highest BCUT2D eigenvalue weighted by Gasteiger charge is 2.29. The first kappa shape index (κ1) is 20.8. The third kappa shape index (κ3) is 4.65. The number of hydrogen-bond acceptors (Lipinski definition) is 7. The van der Waals surface area contributed by atoms with Gasteiger partial charge in [-0.25, -0.2) is 13.4 Å². The molecule has 3 aromatic rings. The maximum Gasteiger partial charge on any atom is 0.254 e. The Kier molecular flexibility index (Phi) is 5.83. The topological polar surface area (TPSA) is 130 Å². The molecule has 4 N–H and O–H groups in total. The highest BCUT2D eigenvalue weighted by atomic mass is 32.2. The van der Waals surface area contributed by atoms with Crippen LogP contribution in [-0.2, 0) is 16.6 Å². The lowest BCUT2D eigenvalue weighted by molar-refractivity contribution is 0.100. The summed E-state index contributed by atoms with van der Waals surface area (Å²) < 4.78 is 26.3. The Hall–Kier alpha value is -3.50. The minimum Gasteiger partial charge on any atom is -0.365 e. The first-order valence-electron chi connectivity index (χ1n) is 9.75. The smallest absolute Gasteiger partial charge is 0.254 e. The lowest BCUT2D eigenvalue weighted by atomic mass is 10.2. The Morgan fingerprint density at radius 3 is 2.39 bits per heavy atom. The summed E-state index contributed by atoms with van der Waals surface area (Å²) in [6.07, 6.45) is 2.24. The molecule has 4 rings (SSSR count). The number of nitrogens with zero attached hydrogens (tertiary/aromatic N) is 3. The van der Waals surface area contributed by atoms with Crippen molar-refractivity contribution in [2.24, 2.45) is 5.73 Å². The molecule has 2 aromatic carbocycles. The van der Waals surface area contributed by atoms with Gasteiger partial charge in [0.1, 0.15) is 5.82 Å². The fourth-order valence-electron chi connectivity index (χ4n) is 3.05. The molecular formula is C21H22N6O3S. The molecule has 0 atom stereocenters. The number of aromatic nitrogens is 2. The molecule has 1 saturated heterocycles. The summed E-state index contributed by atoms with van der Waals surface area (Å²) in [6.45, 7) is 1.57. The second-order valence-corrected chi connectivity index (χ2v) is 9.00. The number of anilines is 3. The van der Waals surface area contributed by atoms with Gasteiger partial charge in [0.25, 0.3) is 5.91 Å². The summed E-state index contributed by atoms with van der Waals surface area (Å²) >= 11 is 0. The van der Waals surface area contributed by atoms with Gasteiger partial charge in [-0.3, -0.25) is 4.79 Å². The average Bonchev–Trinajstić information content (AvgIpc) is 2.72. The van der Waals surface area contributed by atoms with Crippen molar-refractivity contribution in [3.8, 4) is 0 Å². The predicted octanol–water partition coefficient (Wildman–Crippen LogP) is 2.33. The summed E-state index contributed by atoms with van der Waals surface area (Å²) in [5.74, 6) is -0.0765. The summed E-state index contributed by atoms with van der Waals surface area (Å²) in [7, 11) is -3.43. The zero-order chi connectivity index (χ0) is 21.8. The normalized spacial score (nSPS) is 13.9. The Morgan fingerprint density at radius 1 is 1.06 bits per heavy atom. The lowest BCUT2D eigenvalue weighted by Crippen LogP contribution is -2.41. The summed E-state index contributed by atoms with van der Waals surface area (Å²) in [4.78, 5) is 20.5. The highest BCUT2D eigenvalue weighted by molar-refractivity contribution is 7.89. The van der Waals surface area contributed by atoms with Crippen molar-refractivity contribution >= 4 is 33.4 Å². The molecule has 1 aromatic heterocycles. The van der Waals surface area contributed by atoms with Crippen molar-refractivity contribution < 1.29 is 13.2 Å². The van der Waals surface area contributed by atoms with E-state index in [0.29, 0.717) is 31.1 Å². The second-order valence-electron chi connectivity index (χ2n) is 7.07. The molecule has 1 fully saturated rings. The SMILES string of the molecule is NC(=O)c1cnc(Nc2ccc(S(=O)(=O)N3CCC3)cc2)nc1NCc1ccccc1. The van der Waals surface area contributed by atoms with Gasteiger partial charge >= 0.3 is 0 Å². The first-order valence-corrected chi connectivity index (χ1v) is 11.2. The minimum atomic E-state index is -3.43. The fraction of sp³-hybridized carbons (Fsp3) is 0.190. The highest BCUT2D eigenvalue weighted by Crippen LogP contribution is 2.24. The number of primary amides is 1. The zero-order valence-corrected chi connectivity index (χ0v) is 17.5. The number of benzene rings is 2. The van der Waals surface area contributed by atoms with Gasteiger partial charge in [0.15, 0.2) is 0 Å². The summed E-state index contributed by atoms with van der Waals surface area (Å²) in [6, 6.07) is 16.1. The van der Waals surface area contributed by atoms with Crippen LogP contribution in [-0.4, -0.2) is 41.7 Å². The molecule has 1 amide bonds. The quantitative estimate of drug-likeness (QED) is 0.492. The number of hydrogen-bond donors (Lipinski definition) is 3. The van der Waals surface area contributed by atoms with Crippen LogP contribution in [0.3, 0.4) is 0 Å². The number of sulfonamides is 1. The third-order valence-electron chi connectivity index (χ3n) is 4.92. The molecule has 0 saturated carbocycles. The van der Waals surface area contributed by atoms with Crippen LogP contribution in [0, 0.1) is 0 Å². The van der Waals surface area contributed by atoms with E-state index >= 15 is 0 Å². The van der Waals surface area contributed by atoms with E-state index in [0.717, 1.165) is 12.0 Å².